The van der Waals surface area contributed by atoms with Crippen LogP contribution in [0.2, 0.25) is 0 Å². The summed E-state index contributed by atoms with van der Waals surface area (Å²) in [4.78, 5) is 0. The maximum absolute atomic E-state index is 12.5. The Morgan fingerprint density at radius 2 is 2.06 bits per heavy atom. The van der Waals surface area contributed by atoms with Crippen molar-refractivity contribution in [1.82, 2.24) is 9.62 Å². The van der Waals surface area contributed by atoms with Gasteiger partial charge in [-0.15, -0.1) is 0 Å². The summed E-state index contributed by atoms with van der Waals surface area (Å²) in [6.45, 7) is 6.87. The van der Waals surface area contributed by atoms with E-state index < -0.39 is 10.0 Å². The average Bonchev–Trinajstić information content (AvgIpc) is 2.29. The van der Waals surface area contributed by atoms with Gasteiger partial charge in [-0.05, 0) is 57.5 Å². The zero-order chi connectivity index (χ0) is 13.2. The first-order valence-electron chi connectivity index (χ1n) is 7.19. The van der Waals surface area contributed by atoms with E-state index in [9.17, 15) is 8.42 Å². The maximum atomic E-state index is 12.5. The van der Waals surface area contributed by atoms with Crippen LogP contribution in [0.3, 0.4) is 0 Å². The summed E-state index contributed by atoms with van der Waals surface area (Å²) < 4.78 is 26.7. The van der Waals surface area contributed by atoms with Crippen molar-refractivity contribution in [1.29, 1.82) is 0 Å². The van der Waals surface area contributed by atoms with Crippen LogP contribution >= 0.6 is 0 Å². The zero-order valence-electron chi connectivity index (χ0n) is 11.6. The third-order valence-corrected chi connectivity index (χ3v) is 6.43. The number of piperidine rings is 2. The van der Waals surface area contributed by atoms with E-state index >= 15 is 0 Å². The molecule has 2 saturated heterocycles. The first-order chi connectivity index (χ1) is 8.49. The van der Waals surface area contributed by atoms with Gasteiger partial charge < -0.3 is 5.32 Å². The highest BCUT2D eigenvalue weighted by Gasteiger charge is 2.33. The van der Waals surface area contributed by atoms with Crippen molar-refractivity contribution in [2.24, 2.45) is 11.8 Å². The van der Waals surface area contributed by atoms with Gasteiger partial charge >= 0.3 is 0 Å². The van der Waals surface area contributed by atoms with Gasteiger partial charge in [0, 0.05) is 12.6 Å². The van der Waals surface area contributed by atoms with Gasteiger partial charge in [0.05, 0.1) is 5.75 Å². The smallest absolute Gasteiger partial charge is 0.214 e. The molecule has 2 rings (SSSR count). The standard InChI is InChI=1S/C13H26N2O2S/c1-11-5-7-15(12(2)8-11)18(16,17)10-13-4-3-6-14-9-13/h11-14H,3-10H2,1-2H3. The zero-order valence-corrected chi connectivity index (χ0v) is 12.4. The van der Waals surface area contributed by atoms with Gasteiger partial charge in [-0.2, -0.15) is 4.31 Å². The van der Waals surface area contributed by atoms with Gasteiger partial charge in [0.15, 0.2) is 0 Å². The lowest BCUT2D eigenvalue weighted by atomic mass is 9.95. The van der Waals surface area contributed by atoms with Crippen LogP contribution in [0.4, 0.5) is 0 Å². The van der Waals surface area contributed by atoms with Crippen molar-refractivity contribution in [2.45, 2.75) is 45.6 Å². The lowest BCUT2D eigenvalue weighted by molar-refractivity contribution is 0.218. The molecule has 2 fully saturated rings. The molecule has 4 nitrogen and oxygen atoms in total. The summed E-state index contributed by atoms with van der Waals surface area (Å²) in [5, 5.41) is 3.30. The number of rotatable bonds is 3. The van der Waals surface area contributed by atoms with E-state index in [-0.39, 0.29) is 6.04 Å². The lowest BCUT2D eigenvalue weighted by Gasteiger charge is -2.36. The predicted octanol–water partition coefficient (Wildman–Crippen LogP) is 1.44. The topological polar surface area (TPSA) is 49.4 Å². The minimum Gasteiger partial charge on any atom is -0.316 e. The molecule has 3 unspecified atom stereocenters. The highest BCUT2D eigenvalue weighted by Crippen LogP contribution is 2.26. The van der Waals surface area contributed by atoms with Crippen LogP contribution in [0.25, 0.3) is 0 Å². The van der Waals surface area contributed by atoms with Crippen molar-refractivity contribution in [3.8, 4) is 0 Å². The molecule has 0 aliphatic carbocycles. The molecule has 2 aliphatic rings. The van der Waals surface area contributed by atoms with Gasteiger partial charge in [-0.1, -0.05) is 6.92 Å². The largest absolute Gasteiger partial charge is 0.316 e. The quantitative estimate of drug-likeness (QED) is 0.847. The summed E-state index contributed by atoms with van der Waals surface area (Å²) in [6, 6.07) is 0.176. The number of nitrogens with one attached hydrogen (secondary N) is 1. The van der Waals surface area contributed by atoms with Crippen LogP contribution in [0, 0.1) is 11.8 Å². The molecule has 0 aromatic heterocycles. The monoisotopic (exact) mass is 274 g/mol. The van der Waals surface area contributed by atoms with Crippen LogP contribution in [0.15, 0.2) is 0 Å². The summed E-state index contributed by atoms with van der Waals surface area (Å²) in [5.74, 6) is 1.29. The van der Waals surface area contributed by atoms with Crippen LogP contribution in [0.1, 0.15) is 39.5 Å². The second-order valence-corrected chi connectivity index (χ2v) is 8.05. The Morgan fingerprint density at radius 3 is 2.67 bits per heavy atom. The molecule has 0 amide bonds. The predicted molar refractivity (Wildman–Crippen MR) is 73.9 cm³/mol. The van der Waals surface area contributed by atoms with Gasteiger partial charge in [0.25, 0.3) is 0 Å². The average molecular weight is 274 g/mol. The van der Waals surface area contributed by atoms with Gasteiger partial charge in [-0.3, -0.25) is 0 Å². The Hall–Kier alpha value is -0.130. The Kier molecular flexibility index (Phi) is 4.67. The normalized spacial score (nSPS) is 35.6. The molecule has 5 heteroatoms. The van der Waals surface area contributed by atoms with E-state index in [1.54, 1.807) is 4.31 Å². The summed E-state index contributed by atoms with van der Waals surface area (Å²) in [5.41, 5.74) is 0. The first kappa shape index (κ1) is 14.3. The Bertz CT molecular complexity index is 363. The highest BCUT2D eigenvalue weighted by molar-refractivity contribution is 7.89. The van der Waals surface area contributed by atoms with E-state index in [0.29, 0.717) is 24.1 Å². The minimum absolute atomic E-state index is 0.176. The fourth-order valence-electron chi connectivity index (χ4n) is 3.26. The van der Waals surface area contributed by atoms with E-state index in [1.807, 2.05) is 6.92 Å². The van der Waals surface area contributed by atoms with Gasteiger partial charge in [-0.25, -0.2) is 8.42 Å². The Labute approximate surface area is 111 Å². The molecule has 3 atom stereocenters. The van der Waals surface area contributed by atoms with E-state index in [1.165, 1.54) is 0 Å². The summed E-state index contributed by atoms with van der Waals surface area (Å²) in [7, 11) is -3.06. The Morgan fingerprint density at radius 1 is 1.28 bits per heavy atom. The van der Waals surface area contributed by atoms with Crippen molar-refractivity contribution in [3.63, 3.8) is 0 Å². The van der Waals surface area contributed by atoms with Gasteiger partial charge in [0.1, 0.15) is 0 Å². The molecule has 0 radical (unpaired) electrons. The van der Waals surface area contributed by atoms with Crippen LogP contribution in [-0.4, -0.2) is 44.2 Å². The summed E-state index contributed by atoms with van der Waals surface area (Å²) in [6.07, 6.45) is 4.16. The minimum atomic E-state index is -3.06. The molecule has 2 heterocycles. The molecule has 0 bridgehead atoms. The fourth-order valence-corrected chi connectivity index (χ4v) is 5.35. The molecule has 1 N–H and O–H groups in total. The maximum Gasteiger partial charge on any atom is 0.214 e. The second kappa shape index (κ2) is 5.88. The van der Waals surface area contributed by atoms with E-state index in [2.05, 4.69) is 12.2 Å². The molecule has 18 heavy (non-hydrogen) atoms. The molecule has 0 aromatic carbocycles. The van der Waals surface area contributed by atoms with Crippen molar-refractivity contribution >= 4 is 10.0 Å². The van der Waals surface area contributed by atoms with Crippen molar-refractivity contribution in [2.75, 3.05) is 25.4 Å². The fraction of sp³-hybridized carbons (Fsp3) is 1.00. The van der Waals surface area contributed by atoms with E-state index in [0.717, 1.165) is 38.8 Å². The summed E-state index contributed by atoms with van der Waals surface area (Å²) >= 11 is 0. The third-order valence-electron chi connectivity index (χ3n) is 4.28. The number of hydrogen-bond donors (Lipinski definition) is 1. The van der Waals surface area contributed by atoms with Crippen molar-refractivity contribution in [3.05, 3.63) is 0 Å². The molecular weight excluding hydrogens is 248 g/mol. The SMILES string of the molecule is CC1CCN(S(=O)(=O)CC2CCCNC2)C(C)C1. The molecule has 0 saturated carbocycles. The van der Waals surface area contributed by atoms with Crippen LogP contribution in [0.5, 0.6) is 0 Å². The van der Waals surface area contributed by atoms with Crippen LogP contribution in [-0.2, 0) is 10.0 Å². The third kappa shape index (κ3) is 3.45. The molecular formula is C13H26N2O2S. The molecule has 0 spiro atoms. The lowest BCUT2D eigenvalue weighted by Crippen LogP contribution is -2.47. The Balaban J connectivity index is 1.97. The van der Waals surface area contributed by atoms with Gasteiger partial charge in [0.2, 0.25) is 10.0 Å². The molecule has 106 valence electrons. The number of nitrogens with zero attached hydrogens (tertiary/aromatic N) is 1. The van der Waals surface area contributed by atoms with Crippen molar-refractivity contribution < 1.29 is 8.42 Å². The van der Waals surface area contributed by atoms with Crippen LogP contribution < -0.4 is 5.32 Å². The number of sulfonamides is 1. The second-order valence-electron chi connectivity index (χ2n) is 6.08. The number of hydrogen-bond acceptors (Lipinski definition) is 3. The highest BCUT2D eigenvalue weighted by atomic mass is 32.2. The first-order valence-corrected chi connectivity index (χ1v) is 8.80. The molecule has 2 aliphatic heterocycles. The molecule has 0 aromatic rings. The van der Waals surface area contributed by atoms with E-state index in [4.69, 9.17) is 0 Å².